The molecule has 0 aliphatic heterocycles. The van der Waals surface area contributed by atoms with E-state index in [2.05, 4.69) is 50.7 Å². The lowest BCUT2D eigenvalue weighted by atomic mass is 9.88. The van der Waals surface area contributed by atoms with Crippen LogP contribution in [0.1, 0.15) is 33.6 Å². The summed E-state index contributed by atoms with van der Waals surface area (Å²) in [6.45, 7) is 22.3. The van der Waals surface area contributed by atoms with E-state index in [4.69, 9.17) is 5.73 Å². The Balaban J connectivity index is 3.64. The molecule has 1 aliphatic rings. The van der Waals surface area contributed by atoms with E-state index in [1.807, 2.05) is 86.9 Å². The van der Waals surface area contributed by atoms with Crippen molar-refractivity contribution < 1.29 is 0 Å². The fraction of sp³-hybridized carbons (Fsp3) is 0.152. The fourth-order valence-electron chi connectivity index (χ4n) is 3.34. The Labute approximate surface area is 213 Å². The number of rotatable bonds is 13. The molecule has 0 aromatic rings. The lowest BCUT2D eigenvalue weighted by molar-refractivity contribution is 0.937. The Kier molecular flexibility index (Phi) is 13.7. The number of hydrogen-bond donors (Lipinski definition) is 2. The second kappa shape index (κ2) is 16.6. The molecule has 2 nitrogen and oxygen atoms in total. The molecule has 0 bridgehead atoms. The van der Waals surface area contributed by atoms with Crippen LogP contribution in [0.5, 0.6) is 0 Å². The van der Waals surface area contributed by atoms with Gasteiger partial charge in [0.15, 0.2) is 0 Å². The van der Waals surface area contributed by atoms with E-state index in [1.54, 1.807) is 12.2 Å². The second-order valence-corrected chi connectivity index (χ2v) is 7.87. The van der Waals surface area contributed by atoms with Gasteiger partial charge in [-0.3, -0.25) is 0 Å². The summed E-state index contributed by atoms with van der Waals surface area (Å²) in [5, 5.41) is 3.30. The molecule has 35 heavy (non-hydrogen) atoms. The van der Waals surface area contributed by atoms with E-state index in [9.17, 15) is 0 Å². The van der Waals surface area contributed by atoms with E-state index < -0.39 is 0 Å². The Morgan fingerprint density at radius 2 is 1.71 bits per heavy atom. The van der Waals surface area contributed by atoms with Crippen molar-refractivity contribution >= 4 is 0 Å². The lowest BCUT2D eigenvalue weighted by Crippen LogP contribution is -2.07. The van der Waals surface area contributed by atoms with Gasteiger partial charge in [0.25, 0.3) is 0 Å². The molecule has 0 atom stereocenters. The monoisotopic (exact) mass is 464 g/mol. The quantitative estimate of drug-likeness (QED) is 0.268. The molecule has 0 aromatic carbocycles. The molecule has 0 spiro atoms. The lowest BCUT2D eigenvalue weighted by Gasteiger charge is -2.18. The normalized spacial score (nSPS) is 16.2. The average molecular weight is 465 g/mol. The van der Waals surface area contributed by atoms with Crippen LogP contribution in [0.4, 0.5) is 0 Å². The molecule has 0 heterocycles. The van der Waals surface area contributed by atoms with Crippen molar-refractivity contribution in [2.75, 3.05) is 0 Å². The Morgan fingerprint density at radius 3 is 2.34 bits per heavy atom. The fourth-order valence-corrected chi connectivity index (χ4v) is 3.34. The first-order valence-corrected chi connectivity index (χ1v) is 11.8. The van der Waals surface area contributed by atoms with Crippen LogP contribution in [0.3, 0.4) is 0 Å². The number of nitrogens with one attached hydrogen (secondary N) is 1. The number of allylic oxidation sites excluding steroid dienone is 21. The topological polar surface area (TPSA) is 38.0 Å². The Hall–Kier alpha value is -4.04. The molecule has 0 saturated heterocycles. The van der Waals surface area contributed by atoms with Crippen molar-refractivity contribution in [2.24, 2.45) is 5.73 Å². The van der Waals surface area contributed by atoms with Gasteiger partial charge < -0.3 is 11.1 Å². The van der Waals surface area contributed by atoms with E-state index >= 15 is 0 Å². The molecule has 0 aromatic heterocycles. The van der Waals surface area contributed by atoms with Crippen molar-refractivity contribution in [3.8, 4) is 0 Å². The summed E-state index contributed by atoms with van der Waals surface area (Å²) < 4.78 is 0. The van der Waals surface area contributed by atoms with Crippen LogP contribution in [0.15, 0.2) is 168 Å². The van der Waals surface area contributed by atoms with Crippen LogP contribution in [0.2, 0.25) is 0 Å². The Bertz CT molecular complexity index is 1100. The molecular weight excluding hydrogens is 424 g/mol. The van der Waals surface area contributed by atoms with Crippen molar-refractivity contribution in [2.45, 2.75) is 33.6 Å². The summed E-state index contributed by atoms with van der Waals surface area (Å²) in [5.74, 6) is 0. The SMILES string of the molecule is C=C\C=C/C(=C(\C)C1=C(N)C=CCC1)C(/C=CN/C(C=C)=C/C=C\C)=C/C(=C)C(=C)/C=C\C=C/C. The summed E-state index contributed by atoms with van der Waals surface area (Å²) in [5.41, 5.74) is 14.0. The van der Waals surface area contributed by atoms with Crippen LogP contribution in [-0.4, -0.2) is 0 Å². The third-order valence-electron chi connectivity index (χ3n) is 5.32. The molecule has 0 unspecified atom stereocenters. The Morgan fingerprint density at radius 1 is 0.971 bits per heavy atom. The minimum absolute atomic E-state index is 0.806. The summed E-state index contributed by atoms with van der Waals surface area (Å²) in [7, 11) is 0. The van der Waals surface area contributed by atoms with Crippen molar-refractivity contribution in [3.63, 3.8) is 0 Å². The third-order valence-corrected chi connectivity index (χ3v) is 5.32. The van der Waals surface area contributed by atoms with Gasteiger partial charge in [-0.25, -0.2) is 0 Å². The van der Waals surface area contributed by atoms with Gasteiger partial charge in [0.05, 0.1) is 0 Å². The maximum Gasteiger partial charge on any atom is 0.0373 e. The highest BCUT2D eigenvalue weighted by Crippen LogP contribution is 2.30. The largest absolute Gasteiger partial charge is 0.399 e. The molecule has 0 saturated carbocycles. The standard InChI is InChI=1S/C33H40N2/c1-8-12-15-18-26(5)27(6)25-29(23-24-35-30(11-4)19-13-9-2)31(20-14-10-3)28(7)32-21-16-17-22-33(32)34/h8-15,17-20,22-25,35H,3-6,16,21,34H2,1-2,7H3/b12-8-,13-9-,18-15-,20-14-,24-23?,29-25+,30-19+,31-28-. The van der Waals surface area contributed by atoms with Crippen LogP contribution in [0.25, 0.3) is 0 Å². The van der Waals surface area contributed by atoms with E-state index in [-0.39, 0.29) is 0 Å². The molecule has 2 heteroatoms. The van der Waals surface area contributed by atoms with Crippen molar-refractivity contribution in [1.82, 2.24) is 5.32 Å². The molecule has 0 fully saturated rings. The number of hydrogen-bond acceptors (Lipinski definition) is 2. The summed E-state index contributed by atoms with van der Waals surface area (Å²) in [6.07, 6.45) is 33.3. The zero-order valence-electron chi connectivity index (χ0n) is 21.6. The smallest absolute Gasteiger partial charge is 0.0373 e. The second-order valence-electron chi connectivity index (χ2n) is 7.87. The highest BCUT2D eigenvalue weighted by atomic mass is 14.8. The maximum absolute atomic E-state index is 6.36. The average Bonchev–Trinajstić information content (AvgIpc) is 2.86. The van der Waals surface area contributed by atoms with Gasteiger partial charge in [-0.2, -0.15) is 0 Å². The van der Waals surface area contributed by atoms with Gasteiger partial charge in [0, 0.05) is 17.6 Å². The summed E-state index contributed by atoms with van der Waals surface area (Å²) in [4.78, 5) is 0. The highest BCUT2D eigenvalue weighted by Gasteiger charge is 2.13. The molecule has 182 valence electrons. The van der Waals surface area contributed by atoms with Gasteiger partial charge in [-0.05, 0) is 97.4 Å². The van der Waals surface area contributed by atoms with Crippen LogP contribution in [-0.2, 0) is 0 Å². The molecule has 0 radical (unpaired) electrons. The van der Waals surface area contributed by atoms with E-state index in [0.29, 0.717) is 0 Å². The predicted molar refractivity (Wildman–Crippen MR) is 157 cm³/mol. The van der Waals surface area contributed by atoms with Crippen molar-refractivity contribution in [1.29, 1.82) is 0 Å². The zero-order chi connectivity index (χ0) is 26.1. The van der Waals surface area contributed by atoms with Crippen molar-refractivity contribution in [3.05, 3.63) is 168 Å². The molecule has 3 N–H and O–H groups in total. The van der Waals surface area contributed by atoms with Gasteiger partial charge in [0.1, 0.15) is 0 Å². The first-order chi connectivity index (χ1) is 16.9. The first kappa shape index (κ1) is 29.0. The van der Waals surface area contributed by atoms with Gasteiger partial charge in [0.2, 0.25) is 0 Å². The van der Waals surface area contributed by atoms with Crippen LogP contribution >= 0.6 is 0 Å². The third kappa shape index (κ3) is 10.2. The van der Waals surface area contributed by atoms with E-state index in [0.717, 1.165) is 57.7 Å². The minimum atomic E-state index is 0.806. The van der Waals surface area contributed by atoms with E-state index in [1.165, 1.54) is 0 Å². The van der Waals surface area contributed by atoms with Gasteiger partial charge >= 0.3 is 0 Å². The molecule has 1 rings (SSSR count). The highest BCUT2D eigenvalue weighted by molar-refractivity contribution is 5.59. The molecule has 0 amide bonds. The summed E-state index contributed by atoms with van der Waals surface area (Å²) in [6, 6.07) is 0. The molecular formula is C33H40N2. The van der Waals surface area contributed by atoms with Gasteiger partial charge in [-0.15, -0.1) is 0 Å². The number of nitrogens with two attached hydrogens (primary N) is 1. The van der Waals surface area contributed by atoms with Gasteiger partial charge in [-0.1, -0.05) is 87.1 Å². The van der Waals surface area contributed by atoms with Crippen LogP contribution < -0.4 is 11.1 Å². The minimum Gasteiger partial charge on any atom is -0.399 e. The molecule has 1 aliphatic carbocycles. The first-order valence-electron chi connectivity index (χ1n) is 11.8. The summed E-state index contributed by atoms with van der Waals surface area (Å²) >= 11 is 0. The predicted octanol–water partition coefficient (Wildman–Crippen LogP) is 8.53. The maximum atomic E-state index is 6.36. The van der Waals surface area contributed by atoms with Crippen LogP contribution in [0, 0.1) is 0 Å². The zero-order valence-corrected chi connectivity index (χ0v) is 21.6.